The first-order chi connectivity index (χ1) is 15.1. The number of nitrogens with zero attached hydrogens (tertiary/aromatic N) is 2. The van der Waals surface area contributed by atoms with E-state index in [2.05, 4.69) is 33.7 Å². The van der Waals surface area contributed by atoms with Crippen molar-refractivity contribution in [2.75, 3.05) is 18.0 Å². The van der Waals surface area contributed by atoms with Crippen LogP contribution in [0.5, 0.6) is 0 Å². The summed E-state index contributed by atoms with van der Waals surface area (Å²) in [7, 11) is 0. The number of rotatable bonds is 2. The molecular weight excluding hydrogens is 386 g/mol. The minimum atomic E-state index is -0.863. The zero-order valence-electron chi connectivity index (χ0n) is 17.8. The molecule has 0 spiro atoms. The number of aromatic nitrogens is 1. The van der Waals surface area contributed by atoms with E-state index in [1.807, 2.05) is 6.07 Å². The van der Waals surface area contributed by atoms with Gasteiger partial charge in [0, 0.05) is 42.1 Å². The van der Waals surface area contributed by atoms with E-state index < -0.39 is 5.97 Å². The van der Waals surface area contributed by atoms with E-state index >= 15 is 0 Å². The fourth-order valence-electron chi connectivity index (χ4n) is 6.25. The Morgan fingerprint density at radius 2 is 1.84 bits per heavy atom. The minimum absolute atomic E-state index is 0.0823. The van der Waals surface area contributed by atoms with Crippen molar-refractivity contribution in [3.8, 4) is 11.3 Å². The molecule has 3 aromatic rings. The third-order valence-corrected chi connectivity index (χ3v) is 7.71. The topological polar surface area (TPSA) is 71.5 Å². The van der Waals surface area contributed by atoms with Crippen molar-refractivity contribution in [2.24, 2.45) is 5.73 Å². The maximum atomic E-state index is 11.7. The molecule has 1 aliphatic carbocycles. The van der Waals surface area contributed by atoms with Crippen LogP contribution < -0.4 is 10.6 Å². The van der Waals surface area contributed by atoms with Crippen LogP contribution in [0.1, 0.15) is 72.0 Å². The second-order valence-electron chi connectivity index (χ2n) is 9.41. The first-order valence-corrected chi connectivity index (χ1v) is 11.7. The fraction of sp³-hybridized carbons (Fsp3) is 0.423. The second kappa shape index (κ2) is 7.13. The quantitative estimate of drug-likeness (QED) is 0.597. The lowest BCUT2D eigenvalue weighted by atomic mass is 9.81. The molecule has 2 aliphatic heterocycles. The van der Waals surface area contributed by atoms with Gasteiger partial charge in [0.2, 0.25) is 0 Å². The van der Waals surface area contributed by atoms with Crippen molar-refractivity contribution in [3.05, 3.63) is 53.1 Å². The normalized spacial score (nSPS) is 20.9. The summed E-state index contributed by atoms with van der Waals surface area (Å²) in [6.45, 7) is 2.77. The maximum absolute atomic E-state index is 11.7. The molecule has 1 fully saturated rings. The molecule has 0 bridgehead atoms. The Labute approximate surface area is 182 Å². The van der Waals surface area contributed by atoms with Gasteiger partial charge in [0.25, 0.3) is 0 Å². The Bertz CT molecular complexity index is 1190. The van der Waals surface area contributed by atoms with E-state index in [9.17, 15) is 9.90 Å². The van der Waals surface area contributed by atoms with Crippen molar-refractivity contribution >= 4 is 22.6 Å². The summed E-state index contributed by atoms with van der Waals surface area (Å²) in [4.78, 5) is 14.2. The van der Waals surface area contributed by atoms with Gasteiger partial charge in [-0.1, -0.05) is 43.5 Å². The Hall–Kier alpha value is -2.79. The number of hydrogen-bond acceptors (Lipinski definition) is 3. The van der Waals surface area contributed by atoms with Crippen LogP contribution in [0.4, 0.5) is 5.69 Å². The van der Waals surface area contributed by atoms with Crippen molar-refractivity contribution in [1.82, 2.24) is 4.57 Å². The third-order valence-electron chi connectivity index (χ3n) is 7.71. The molecule has 0 saturated heterocycles. The number of para-hydroxylation sites is 1. The number of carboxylic acid groups (broad SMARTS) is 1. The highest BCUT2D eigenvalue weighted by Crippen LogP contribution is 2.49. The van der Waals surface area contributed by atoms with E-state index in [1.54, 1.807) is 6.07 Å². The maximum Gasteiger partial charge on any atom is 0.335 e. The van der Waals surface area contributed by atoms with Crippen LogP contribution in [-0.2, 0) is 6.54 Å². The molecule has 5 nitrogen and oxygen atoms in total. The van der Waals surface area contributed by atoms with Gasteiger partial charge in [-0.05, 0) is 48.4 Å². The molecular formula is C26H29N3O2. The van der Waals surface area contributed by atoms with Crippen LogP contribution in [0, 0.1) is 0 Å². The highest BCUT2D eigenvalue weighted by atomic mass is 16.4. The number of aromatic carboxylic acids is 1. The Morgan fingerprint density at radius 3 is 2.65 bits per heavy atom. The van der Waals surface area contributed by atoms with Gasteiger partial charge >= 0.3 is 5.97 Å². The van der Waals surface area contributed by atoms with Crippen molar-refractivity contribution in [3.63, 3.8) is 0 Å². The van der Waals surface area contributed by atoms with Crippen LogP contribution in [-0.4, -0.2) is 28.7 Å². The van der Waals surface area contributed by atoms with Crippen molar-refractivity contribution < 1.29 is 9.90 Å². The molecule has 0 radical (unpaired) electrons. The minimum Gasteiger partial charge on any atom is -0.478 e. The number of benzene rings is 2. The number of hydrogen-bond donors (Lipinski definition) is 2. The van der Waals surface area contributed by atoms with Gasteiger partial charge in [0.1, 0.15) is 0 Å². The van der Waals surface area contributed by atoms with E-state index in [1.165, 1.54) is 65.6 Å². The highest BCUT2D eigenvalue weighted by molar-refractivity contribution is 6.00. The molecule has 3 N–H and O–H groups in total. The molecule has 0 unspecified atom stereocenters. The van der Waals surface area contributed by atoms with E-state index in [4.69, 9.17) is 5.73 Å². The summed E-state index contributed by atoms with van der Waals surface area (Å²) in [5, 5.41) is 10.9. The number of nitrogens with two attached hydrogens (primary N) is 1. The Kier molecular flexibility index (Phi) is 4.35. The molecule has 3 heterocycles. The molecule has 6 rings (SSSR count). The van der Waals surface area contributed by atoms with Gasteiger partial charge in [-0.2, -0.15) is 0 Å². The van der Waals surface area contributed by atoms with Gasteiger partial charge in [0.05, 0.1) is 16.9 Å². The SMILES string of the molecule is N[C@H]1CCN2CCn3c(c(C4CCCCC4)c4ccc(C(=O)O)cc43)-c3cccc1c32. The predicted molar refractivity (Wildman–Crippen MR) is 124 cm³/mol. The number of carbonyl (C=O) groups is 1. The van der Waals surface area contributed by atoms with E-state index in [0.717, 1.165) is 31.6 Å². The van der Waals surface area contributed by atoms with Gasteiger partial charge in [0.15, 0.2) is 0 Å². The van der Waals surface area contributed by atoms with Gasteiger partial charge in [-0.15, -0.1) is 0 Å². The summed E-state index contributed by atoms with van der Waals surface area (Å²) in [5.41, 5.74) is 14.5. The zero-order valence-corrected chi connectivity index (χ0v) is 17.8. The second-order valence-corrected chi connectivity index (χ2v) is 9.41. The van der Waals surface area contributed by atoms with E-state index in [0.29, 0.717) is 11.5 Å². The van der Waals surface area contributed by atoms with Gasteiger partial charge in [-0.25, -0.2) is 4.79 Å². The van der Waals surface area contributed by atoms with Gasteiger partial charge < -0.3 is 20.3 Å². The Balaban J connectivity index is 1.68. The largest absolute Gasteiger partial charge is 0.478 e. The van der Waals surface area contributed by atoms with Crippen LogP contribution in [0.3, 0.4) is 0 Å². The summed E-state index contributed by atoms with van der Waals surface area (Å²) < 4.78 is 2.41. The highest BCUT2D eigenvalue weighted by Gasteiger charge is 2.33. The van der Waals surface area contributed by atoms with Crippen molar-refractivity contribution in [1.29, 1.82) is 0 Å². The van der Waals surface area contributed by atoms with Crippen LogP contribution in [0.15, 0.2) is 36.4 Å². The summed E-state index contributed by atoms with van der Waals surface area (Å²) in [6.07, 6.45) is 7.26. The average Bonchev–Trinajstić information content (AvgIpc) is 3.02. The number of fused-ring (bicyclic) bond motifs is 4. The molecule has 0 amide bonds. The standard InChI is InChI=1S/C26H29N3O2/c27-21-11-12-28-13-14-29-22-15-17(26(30)31)9-10-19(22)23(16-5-2-1-3-6-16)25(29)20-8-4-7-18(21)24(20)28/h4,7-10,15-16,21H,1-3,5-6,11-14,27H2,(H,30,31)/t21-/m0/s1. The monoisotopic (exact) mass is 415 g/mol. The molecule has 2 aromatic carbocycles. The lowest BCUT2D eigenvalue weighted by molar-refractivity contribution is 0.0697. The smallest absolute Gasteiger partial charge is 0.335 e. The third kappa shape index (κ3) is 2.83. The first kappa shape index (κ1) is 18.9. The number of anilines is 1. The van der Waals surface area contributed by atoms with Crippen molar-refractivity contribution in [2.45, 2.75) is 57.0 Å². The summed E-state index contributed by atoms with van der Waals surface area (Å²) >= 11 is 0. The molecule has 1 aromatic heterocycles. The fourth-order valence-corrected chi connectivity index (χ4v) is 6.25. The average molecular weight is 416 g/mol. The van der Waals surface area contributed by atoms with Crippen LogP contribution >= 0.6 is 0 Å². The predicted octanol–water partition coefficient (Wildman–Crippen LogP) is 5.28. The summed E-state index contributed by atoms with van der Waals surface area (Å²) in [6, 6.07) is 12.4. The van der Waals surface area contributed by atoms with Crippen LogP contribution in [0.25, 0.3) is 22.2 Å². The first-order valence-electron chi connectivity index (χ1n) is 11.7. The number of carboxylic acids is 1. The van der Waals surface area contributed by atoms with E-state index in [-0.39, 0.29) is 6.04 Å². The molecule has 31 heavy (non-hydrogen) atoms. The molecule has 1 atom stereocenters. The molecule has 3 aliphatic rings. The lowest BCUT2D eigenvalue weighted by Crippen LogP contribution is -2.35. The lowest BCUT2D eigenvalue weighted by Gasteiger charge is -2.35. The molecule has 5 heteroatoms. The zero-order chi connectivity index (χ0) is 21.1. The van der Waals surface area contributed by atoms with Gasteiger partial charge in [-0.3, -0.25) is 0 Å². The molecule has 1 saturated carbocycles. The van der Waals surface area contributed by atoms with Crippen LogP contribution in [0.2, 0.25) is 0 Å². The molecule has 160 valence electrons. The Morgan fingerprint density at radius 1 is 1.00 bits per heavy atom. The summed E-state index contributed by atoms with van der Waals surface area (Å²) in [5.74, 6) is -0.332.